The Labute approximate surface area is 151 Å². The molecule has 4 heterocycles. The molecule has 0 aromatic carbocycles. The van der Waals surface area contributed by atoms with Gasteiger partial charge in [0.15, 0.2) is 0 Å². The summed E-state index contributed by atoms with van der Waals surface area (Å²) in [6.07, 6.45) is 6.26. The summed E-state index contributed by atoms with van der Waals surface area (Å²) < 4.78 is 2.08. The van der Waals surface area contributed by atoms with Crippen LogP contribution in [0.25, 0.3) is 0 Å². The van der Waals surface area contributed by atoms with Crippen molar-refractivity contribution in [3.63, 3.8) is 0 Å². The number of amides is 1. The van der Waals surface area contributed by atoms with E-state index in [2.05, 4.69) is 36.5 Å². The molecule has 2 aromatic rings. The lowest BCUT2D eigenvalue weighted by Crippen LogP contribution is -2.50. The van der Waals surface area contributed by atoms with Crippen LogP contribution in [0.1, 0.15) is 36.6 Å². The number of thiazole rings is 1. The van der Waals surface area contributed by atoms with Crippen molar-refractivity contribution in [1.29, 1.82) is 0 Å². The van der Waals surface area contributed by atoms with Crippen molar-refractivity contribution in [2.75, 3.05) is 26.2 Å². The largest absolute Gasteiger partial charge is 0.340 e. The molecular formula is C17H24N6OS. The number of aryl methyl sites for hydroxylation is 2. The Morgan fingerprint density at radius 3 is 2.84 bits per heavy atom. The minimum atomic E-state index is 0.115. The van der Waals surface area contributed by atoms with Crippen LogP contribution in [0.15, 0.2) is 17.9 Å². The Bertz CT molecular complexity index is 684. The fourth-order valence-electron chi connectivity index (χ4n) is 3.83. The Morgan fingerprint density at radius 2 is 2.08 bits per heavy atom. The molecule has 4 rings (SSSR count). The molecule has 1 saturated heterocycles. The first-order valence-electron chi connectivity index (χ1n) is 9.01. The van der Waals surface area contributed by atoms with E-state index in [1.165, 1.54) is 0 Å². The molecule has 7 nitrogen and oxygen atoms in total. The zero-order valence-corrected chi connectivity index (χ0v) is 15.4. The zero-order chi connectivity index (χ0) is 17.2. The van der Waals surface area contributed by atoms with Crippen LogP contribution in [0.3, 0.4) is 0 Å². The van der Waals surface area contributed by atoms with Crippen molar-refractivity contribution in [1.82, 2.24) is 29.5 Å². The van der Waals surface area contributed by atoms with E-state index in [0.717, 1.165) is 62.8 Å². The SMILES string of the molecule is CC(c1nccs1)N1CCN(C(=O)C2CCc3nncn3CC2)CC1. The molecule has 0 aliphatic carbocycles. The maximum atomic E-state index is 12.9. The summed E-state index contributed by atoms with van der Waals surface area (Å²) in [5.74, 6) is 1.45. The van der Waals surface area contributed by atoms with Gasteiger partial charge in [-0.1, -0.05) is 0 Å². The van der Waals surface area contributed by atoms with Crippen LogP contribution < -0.4 is 0 Å². The highest BCUT2D eigenvalue weighted by atomic mass is 32.1. The van der Waals surface area contributed by atoms with E-state index in [9.17, 15) is 4.79 Å². The van der Waals surface area contributed by atoms with Crippen LogP contribution in [0, 0.1) is 5.92 Å². The number of rotatable bonds is 3. The summed E-state index contributed by atoms with van der Waals surface area (Å²) in [5.41, 5.74) is 0. The van der Waals surface area contributed by atoms with Crippen molar-refractivity contribution >= 4 is 17.2 Å². The smallest absolute Gasteiger partial charge is 0.225 e. The van der Waals surface area contributed by atoms with Crippen LogP contribution in [-0.4, -0.2) is 61.6 Å². The highest BCUT2D eigenvalue weighted by Gasteiger charge is 2.30. The summed E-state index contributed by atoms with van der Waals surface area (Å²) in [6.45, 7) is 6.53. The van der Waals surface area contributed by atoms with E-state index >= 15 is 0 Å². The predicted octanol–water partition coefficient (Wildman–Crippen LogP) is 1.59. The molecular weight excluding hydrogens is 336 g/mol. The lowest BCUT2D eigenvalue weighted by molar-refractivity contribution is -0.138. The normalized spacial score (nSPS) is 23.1. The number of hydrogen-bond acceptors (Lipinski definition) is 6. The van der Waals surface area contributed by atoms with Gasteiger partial charge in [-0.25, -0.2) is 4.98 Å². The van der Waals surface area contributed by atoms with E-state index in [4.69, 9.17) is 0 Å². The van der Waals surface area contributed by atoms with E-state index in [-0.39, 0.29) is 5.92 Å². The summed E-state index contributed by atoms with van der Waals surface area (Å²) in [4.78, 5) is 21.8. The highest BCUT2D eigenvalue weighted by molar-refractivity contribution is 7.09. The quantitative estimate of drug-likeness (QED) is 0.832. The topological polar surface area (TPSA) is 67.2 Å². The van der Waals surface area contributed by atoms with E-state index in [1.54, 1.807) is 17.7 Å². The van der Waals surface area contributed by atoms with Crippen molar-refractivity contribution in [3.05, 3.63) is 28.7 Å². The first-order valence-corrected chi connectivity index (χ1v) is 9.89. The number of carbonyl (C=O) groups excluding carboxylic acids is 1. The molecule has 1 fully saturated rings. The third-order valence-electron chi connectivity index (χ3n) is 5.46. The third kappa shape index (κ3) is 3.46. The van der Waals surface area contributed by atoms with Crippen LogP contribution in [0.4, 0.5) is 0 Å². The van der Waals surface area contributed by atoms with Crippen LogP contribution in [-0.2, 0) is 17.8 Å². The van der Waals surface area contributed by atoms with Gasteiger partial charge < -0.3 is 9.47 Å². The first-order chi connectivity index (χ1) is 12.2. The number of fused-ring (bicyclic) bond motifs is 1. The minimum Gasteiger partial charge on any atom is -0.340 e. The van der Waals surface area contributed by atoms with Gasteiger partial charge in [-0.2, -0.15) is 0 Å². The second kappa shape index (κ2) is 7.21. The second-order valence-electron chi connectivity index (χ2n) is 6.87. The van der Waals surface area contributed by atoms with Gasteiger partial charge in [-0.3, -0.25) is 9.69 Å². The number of carbonyl (C=O) groups is 1. The maximum absolute atomic E-state index is 12.9. The molecule has 2 unspecified atom stereocenters. The Hall–Kier alpha value is -1.80. The second-order valence-corrected chi connectivity index (χ2v) is 7.80. The monoisotopic (exact) mass is 360 g/mol. The van der Waals surface area contributed by atoms with Crippen molar-refractivity contribution in [2.45, 2.75) is 38.8 Å². The van der Waals surface area contributed by atoms with E-state index in [1.807, 2.05) is 11.6 Å². The standard InChI is InChI=1S/C17H24N6OS/c1-13(16-18-5-11-25-16)21-7-9-22(10-8-21)17(24)14-2-3-15-20-19-12-23(15)6-4-14/h5,11-14H,2-4,6-10H2,1H3. The molecule has 0 saturated carbocycles. The van der Waals surface area contributed by atoms with Gasteiger partial charge >= 0.3 is 0 Å². The predicted molar refractivity (Wildman–Crippen MR) is 95.1 cm³/mol. The summed E-state index contributed by atoms with van der Waals surface area (Å²) in [6, 6.07) is 0.333. The van der Waals surface area contributed by atoms with Gasteiger partial charge in [0.2, 0.25) is 5.91 Å². The van der Waals surface area contributed by atoms with Gasteiger partial charge in [-0.05, 0) is 19.8 Å². The Kier molecular flexibility index (Phi) is 4.80. The summed E-state index contributed by atoms with van der Waals surface area (Å²) >= 11 is 1.71. The molecule has 2 aliphatic rings. The van der Waals surface area contributed by atoms with Crippen molar-refractivity contribution < 1.29 is 4.79 Å². The molecule has 1 amide bonds. The van der Waals surface area contributed by atoms with Crippen LogP contribution >= 0.6 is 11.3 Å². The fourth-order valence-corrected chi connectivity index (χ4v) is 4.56. The molecule has 0 radical (unpaired) electrons. The first kappa shape index (κ1) is 16.7. The summed E-state index contributed by atoms with van der Waals surface area (Å²) in [7, 11) is 0. The molecule has 8 heteroatoms. The molecule has 0 bridgehead atoms. The minimum absolute atomic E-state index is 0.115. The number of hydrogen-bond donors (Lipinski definition) is 0. The third-order valence-corrected chi connectivity index (χ3v) is 6.41. The average Bonchev–Trinajstić information content (AvgIpc) is 3.30. The number of piperazine rings is 1. The van der Waals surface area contributed by atoms with Gasteiger partial charge in [0.25, 0.3) is 0 Å². The number of nitrogens with zero attached hydrogens (tertiary/aromatic N) is 6. The lowest BCUT2D eigenvalue weighted by Gasteiger charge is -2.38. The Morgan fingerprint density at radius 1 is 1.24 bits per heavy atom. The zero-order valence-electron chi connectivity index (χ0n) is 14.5. The lowest BCUT2D eigenvalue weighted by atomic mass is 9.98. The number of aromatic nitrogens is 4. The van der Waals surface area contributed by atoms with Crippen molar-refractivity contribution in [2.24, 2.45) is 5.92 Å². The molecule has 2 aromatic heterocycles. The molecule has 0 N–H and O–H groups in total. The average molecular weight is 360 g/mol. The molecule has 2 atom stereocenters. The van der Waals surface area contributed by atoms with E-state index < -0.39 is 0 Å². The van der Waals surface area contributed by atoms with Crippen LogP contribution in [0.5, 0.6) is 0 Å². The Balaban J connectivity index is 1.31. The van der Waals surface area contributed by atoms with Gasteiger partial charge in [-0.15, -0.1) is 21.5 Å². The van der Waals surface area contributed by atoms with Crippen LogP contribution in [0.2, 0.25) is 0 Å². The van der Waals surface area contributed by atoms with Gasteiger partial charge in [0.1, 0.15) is 17.2 Å². The van der Waals surface area contributed by atoms with E-state index in [0.29, 0.717) is 11.9 Å². The highest BCUT2D eigenvalue weighted by Crippen LogP contribution is 2.25. The van der Waals surface area contributed by atoms with Gasteiger partial charge in [0, 0.05) is 56.6 Å². The summed E-state index contributed by atoms with van der Waals surface area (Å²) in [5, 5.41) is 11.3. The molecule has 0 spiro atoms. The van der Waals surface area contributed by atoms with Gasteiger partial charge in [0.05, 0.1) is 6.04 Å². The maximum Gasteiger partial charge on any atom is 0.225 e. The molecule has 2 aliphatic heterocycles. The molecule has 25 heavy (non-hydrogen) atoms. The van der Waals surface area contributed by atoms with Crippen molar-refractivity contribution in [3.8, 4) is 0 Å². The fraction of sp³-hybridized carbons (Fsp3) is 0.647. The molecule has 134 valence electrons.